The highest BCUT2D eigenvalue weighted by Crippen LogP contribution is 2.19. The van der Waals surface area contributed by atoms with Gasteiger partial charge in [0.05, 0.1) is 24.4 Å². The fourth-order valence-electron chi connectivity index (χ4n) is 1.55. The van der Waals surface area contributed by atoms with Gasteiger partial charge in [0.2, 0.25) is 0 Å². The number of aromatic nitrogens is 3. The molecular formula is C13H9N3O. The lowest BCUT2D eigenvalue weighted by Crippen LogP contribution is -1.88. The van der Waals surface area contributed by atoms with Gasteiger partial charge in [0.25, 0.3) is 0 Å². The Bertz CT molecular complexity index is 588. The van der Waals surface area contributed by atoms with Crippen LogP contribution in [0, 0.1) is 0 Å². The monoisotopic (exact) mass is 223 g/mol. The smallest absolute Gasteiger partial charge is 0.153 e. The van der Waals surface area contributed by atoms with Gasteiger partial charge in [-0.1, -0.05) is 0 Å². The highest BCUT2D eigenvalue weighted by Gasteiger charge is 2.04. The molecule has 0 atom stereocenters. The van der Waals surface area contributed by atoms with Crippen molar-refractivity contribution in [3.63, 3.8) is 0 Å². The van der Waals surface area contributed by atoms with E-state index in [4.69, 9.17) is 4.42 Å². The summed E-state index contributed by atoms with van der Waals surface area (Å²) in [5.74, 6) is 0.721. The quantitative estimate of drug-likeness (QED) is 0.670. The maximum Gasteiger partial charge on any atom is 0.153 e. The second kappa shape index (κ2) is 4.17. The minimum atomic E-state index is 0.721. The zero-order chi connectivity index (χ0) is 11.5. The Morgan fingerprint density at radius 2 is 1.65 bits per heavy atom. The Morgan fingerprint density at radius 1 is 0.882 bits per heavy atom. The molecule has 4 nitrogen and oxygen atoms in total. The Labute approximate surface area is 98.0 Å². The summed E-state index contributed by atoms with van der Waals surface area (Å²) >= 11 is 0. The minimum Gasteiger partial charge on any atom is -0.463 e. The van der Waals surface area contributed by atoms with Crippen molar-refractivity contribution >= 4 is 0 Å². The lowest BCUT2D eigenvalue weighted by molar-refractivity contribution is 0.579. The first-order valence-corrected chi connectivity index (χ1v) is 5.20. The van der Waals surface area contributed by atoms with Crippen molar-refractivity contribution in [2.24, 2.45) is 0 Å². The zero-order valence-electron chi connectivity index (χ0n) is 8.95. The first kappa shape index (κ1) is 9.72. The van der Waals surface area contributed by atoms with Gasteiger partial charge in [-0.05, 0) is 24.3 Å². The molecule has 0 unspecified atom stereocenters. The van der Waals surface area contributed by atoms with Gasteiger partial charge in [0, 0.05) is 18.0 Å². The van der Waals surface area contributed by atoms with Gasteiger partial charge in [0.15, 0.2) is 5.76 Å². The van der Waals surface area contributed by atoms with Gasteiger partial charge in [0.1, 0.15) is 5.69 Å². The van der Waals surface area contributed by atoms with Gasteiger partial charge < -0.3 is 4.42 Å². The molecule has 3 heterocycles. The molecule has 0 saturated carbocycles. The summed E-state index contributed by atoms with van der Waals surface area (Å²) in [5.41, 5.74) is 2.55. The van der Waals surface area contributed by atoms with E-state index in [-0.39, 0.29) is 0 Å². The van der Waals surface area contributed by atoms with Crippen LogP contribution in [0.1, 0.15) is 0 Å². The molecule has 0 bridgehead atoms. The van der Waals surface area contributed by atoms with Crippen molar-refractivity contribution in [3.05, 3.63) is 55.3 Å². The number of furan rings is 1. The van der Waals surface area contributed by atoms with Gasteiger partial charge in [-0.15, -0.1) is 0 Å². The van der Waals surface area contributed by atoms with Crippen LogP contribution in [0.5, 0.6) is 0 Å². The molecule has 0 aliphatic heterocycles. The molecule has 0 aliphatic carbocycles. The molecule has 0 spiro atoms. The number of hydrogen-bond acceptors (Lipinski definition) is 4. The van der Waals surface area contributed by atoms with E-state index in [1.165, 1.54) is 0 Å². The van der Waals surface area contributed by atoms with E-state index in [0.29, 0.717) is 0 Å². The van der Waals surface area contributed by atoms with Gasteiger partial charge in [-0.25, -0.2) is 4.98 Å². The fourth-order valence-corrected chi connectivity index (χ4v) is 1.55. The highest BCUT2D eigenvalue weighted by molar-refractivity contribution is 5.59. The van der Waals surface area contributed by atoms with Gasteiger partial charge in [-0.2, -0.15) is 0 Å². The summed E-state index contributed by atoms with van der Waals surface area (Å²) in [7, 11) is 0. The standard InChI is InChI=1S/C13H9N3O/c1-2-13(17-7-1)12-9-15-11(8-16-12)10-3-5-14-6-4-10/h1-9H. The van der Waals surface area contributed by atoms with Crippen molar-refractivity contribution < 1.29 is 4.42 Å². The molecule has 0 aromatic carbocycles. The molecule has 0 saturated heterocycles. The topological polar surface area (TPSA) is 51.8 Å². The van der Waals surface area contributed by atoms with E-state index < -0.39 is 0 Å². The molecule has 3 rings (SSSR count). The summed E-state index contributed by atoms with van der Waals surface area (Å²) < 4.78 is 5.25. The molecule has 0 aliphatic rings. The summed E-state index contributed by atoms with van der Waals surface area (Å²) in [6.07, 6.45) is 8.52. The third-order valence-electron chi connectivity index (χ3n) is 2.40. The summed E-state index contributed by atoms with van der Waals surface area (Å²) in [4.78, 5) is 12.6. The third kappa shape index (κ3) is 1.92. The number of pyridine rings is 1. The second-order valence-corrected chi connectivity index (χ2v) is 3.50. The predicted molar refractivity (Wildman–Crippen MR) is 63.0 cm³/mol. The number of rotatable bonds is 2. The molecule has 0 fully saturated rings. The number of nitrogens with zero attached hydrogens (tertiary/aromatic N) is 3. The van der Waals surface area contributed by atoms with Crippen molar-refractivity contribution in [1.29, 1.82) is 0 Å². The summed E-state index contributed by atoms with van der Waals surface area (Å²) in [6, 6.07) is 7.48. The van der Waals surface area contributed by atoms with Crippen LogP contribution in [0.25, 0.3) is 22.7 Å². The van der Waals surface area contributed by atoms with Crippen LogP contribution in [-0.4, -0.2) is 15.0 Å². The van der Waals surface area contributed by atoms with Crippen LogP contribution < -0.4 is 0 Å². The normalized spacial score (nSPS) is 10.4. The zero-order valence-corrected chi connectivity index (χ0v) is 8.95. The van der Waals surface area contributed by atoms with Crippen LogP contribution in [0.15, 0.2) is 59.7 Å². The average Bonchev–Trinajstić information content (AvgIpc) is 2.94. The largest absolute Gasteiger partial charge is 0.463 e. The molecule has 0 radical (unpaired) electrons. The van der Waals surface area contributed by atoms with E-state index in [9.17, 15) is 0 Å². The Hall–Kier alpha value is -2.49. The van der Waals surface area contributed by atoms with Crippen molar-refractivity contribution in [2.75, 3.05) is 0 Å². The van der Waals surface area contributed by atoms with Crippen molar-refractivity contribution in [3.8, 4) is 22.7 Å². The lowest BCUT2D eigenvalue weighted by atomic mass is 10.2. The maximum atomic E-state index is 5.25. The van der Waals surface area contributed by atoms with E-state index in [0.717, 1.165) is 22.7 Å². The molecule has 0 amide bonds. The second-order valence-electron chi connectivity index (χ2n) is 3.50. The first-order chi connectivity index (χ1) is 8.43. The van der Waals surface area contributed by atoms with Crippen LogP contribution in [-0.2, 0) is 0 Å². The Balaban J connectivity index is 1.96. The Kier molecular flexibility index (Phi) is 2.38. The third-order valence-corrected chi connectivity index (χ3v) is 2.40. The van der Waals surface area contributed by atoms with Crippen LogP contribution in [0.2, 0.25) is 0 Å². The highest BCUT2D eigenvalue weighted by atomic mass is 16.3. The molecule has 17 heavy (non-hydrogen) atoms. The first-order valence-electron chi connectivity index (χ1n) is 5.20. The molecule has 82 valence electrons. The number of hydrogen-bond donors (Lipinski definition) is 0. The van der Waals surface area contributed by atoms with Gasteiger partial charge >= 0.3 is 0 Å². The van der Waals surface area contributed by atoms with Crippen LogP contribution in [0.4, 0.5) is 0 Å². The summed E-state index contributed by atoms with van der Waals surface area (Å²) in [6.45, 7) is 0. The van der Waals surface area contributed by atoms with Crippen LogP contribution >= 0.6 is 0 Å². The van der Waals surface area contributed by atoms with E-state index in [2.05, 4.69) is 15.0 Å². The summed E-state index contributed by atoms with van der Waals surface area (Å²) in [5, 5.41) is 0. The molecular weight excluding hydrogens is 214 g/mol. The maximum absolute atomic E-state index is 5.25. The van der Waals surface area contributed by atoms with Crippen molar-refractivity contribution in [1.82, 2.24) is 15.0 Å². The van der Waals surface area contributed by atoms with E-state index in [1.807, 2.05) is 24.3 Å². The van der Waals surface area contributed by atoms with E-state index in [1.54, 1.807) is 31.1 Å². The lowest BCUT2D eigenvalue weighted by Gasteiger charge is -2.00. The van der Waals surface area contributed by atoms with Crippen molar-refractivity contribution in [2.45, 2.75) is 0 Å². The Morgan fingerprint density at radius 3 is 2.29 bits per heavy atom. The van der Waals surface area contributed by atoms with Crippen LogP contribution in [0.3, 0.4) is 0 Å². The molecule has 0 N–H and O–H groups in total. The SMILES string of the molecule is c1coc(-c2cnc(-c3ccncc3)cn2)c1. The average molecular weight is 223 g/mol. The van der Waals surface area contributed by atoms with E-state index >= 15 is 0 Å². The molecule has 3 aromatic heterocycles. The molecule has 4 heteroatoms. The predicted octanol–water partition coefficient (Wildman–Crippen LogP) is 2.80. The fraction of sp³-hybridized carbons (Fsp3) is 0. The molecule has 3 aromatic rings. The minimum absolute atomic E-state index is 0.721. The van der Waals surface area contributed by atoms with Gasteiger partial charge in [-0.3, -0.25) is 9.97 Å².